The summed E-state index contributed by atoms with van der Waals surface area (Å²) in [5, 5.41) is 6.87. The van der Waals surface area contributed by atoms with Gasteiger partial charge in [0.15, 0.2) is 5.82 Å². The molecule has 1 heterocycles. The first-order valence-electron chi connectivity index (χ1n) is 5.25. The number of nitrogens with zero attached hydrogens (tertiary/aromatic N) is 2. The number of benzene rings is 1. The maximum atomic E-state index is 5.20. The summed E-state index contributed by atoms with van der Waals surface area (Å²) < 4.78 is 5.20. The highest BCUT2D eigenvalue weighted by atomic mass is 16.5. The molecule has 0 aliphatic rings. The first kappa shape index (κ1) is 10.8. The lowest BCUT2D eigenvalue weighted by molar-refractivity contribution is 0.420. The van der Waals surface area contributed by atoms with Crippen molar-refractivity contribution in [1.29, 1.82) is 0 Å². The van der Waals surface area contributed by atoms with E-state index in [4.69, 9.17) is 4.52 Å². The Morgan fingerprint density at radius 1 is 1.25 bits per heavy atom. The third-order valence-electron chi connectivity index (χ3n) is 2.56. The van der Waals surface area contributed by atoms with Gasteiger partial charge in [0.25, 0.3) is 5.89 Å². The fourth-order valence-corrected chi connectivity index (χ4v) is 1.48. The van der Waals surface area contributed by atoms with E-state index in [0.717, 1.165) is 5.56 Å². The Labute approximate surface area is 94.7 Å². The Bertz CT molecular complexity index is 491. The molecule has 16 heavy (non-hydrogen) atoms. The molecule has 2 aromatic rings. The van der Waals surface area contributed by atoms with Gasteiger partial charge in [0, 0.05) is 5.56 Å². The fraction of sp³-hybridized carbons (Fsp3) is 0.333. The molecule has 2 rings (SSSR count). The van der Waals surface area contributed by atoms with E-state index in [1.807, 2.05) is 13.1 Å². The van der Waals surface area contributed by atoms with E-state index in [2.05, 4.69) is 41.4 Å². The average molecular weight is 217 g/mol. The largest absolute Gasteiger partial charge is 0.334 e. The topological polar surface area (TPSA) is 51.0 Å². The number of hydrogen-bond acceptors (Lipinski definition) is 4. The van der Waals surface area contributed by atoms with Crippen molar-refractivity contribution >= 4 is 0 Å². The van der Waals surface area contributed by atoms with Crippen molar-refractivity contribution < 1.29 is 4.52 Å². The number of rotatable bonds is 3. The zero-order valence-corrected chi connectivity index (χ0v) is 9.74. The summed E-state index contributed by atoms with van der Waals surface area (Å²) in [7, 11) is 1.85. The fourth-order valence-electron chi connectivity index (χ4n) is 1.48. The van der Waals surface area contributed by atoms with Crippen LogP contribution < -0.4 is 5.32 Å². The monoisotopic (exact) mass is 217 g/mol. The van der Waals surface area contributed by atoms with Crippen molar-refractivity contribution in [3.8, 4) is 11.5 Å². The highest BCUT2D eigenvalue weighted by Crippen LogP contribution is 2.20. The lowest BCUT2D eigenvalue weighted by atomic mass is 10.1. The summed E-state index contributed by atoms with van der Waals surface area (Å²) in [6, 6.07) is 6.12. The molecule has 0 unspecified atom stereocenters. The molecule has 4 nitrogen and oxygen atoms in total. The predicted octanol–water partition coefficient (Wildman–Crippen LogP) is 2.07. The van der Waals surface area contributed by atoms with Crippen LogP contribution >= 0.6 is 0 Å². The zero-order valence-electron chi connectivity index (χ0n) is 9.74. The van der Waals surface area contributed by atoms with Gasteiger partial charge in [-0.15, -0.1) is 0 Å². The molecular weight excluding hydrogens is 202 g/mol. The van der Waals surface area contributed by atoms with Crippen molar-refractivity contribution in [2.45, 2.75) is 20.4 Å². The minimum Gasteiger partial charge on any atom is -0.334 e. The highest BCUT2D eigenvalue weighted by Gasteiger charge is 2.08. The number of aromatic nitrogens is 2. The summed E-state index contributed by atoms with van der Waals surface area (Å²) in [5.41, 5.74) is 3.46. The Balaban J connectivity index is 2.31. The molecule has 0 bridgehead atoms. The van der Waals surface area contributed by atoms with Crippen LogP contribution in [0.2, 0.25) is 0 Å². The van der Waals surface area contributed by atoms with E-state index in [0.29, 0.717) is 18.3 Å². The molecule has 0 saturated heterocycles. The third kappa shape index (κ3) is 2.12. The summed E-state index contributed by atoms with van der Waals surface area (Å²) in [4.78, 5) is 4.30. The zero-order chi connectivity index (χ0) is 11.5. The number of aryl methyl sites for hydroxylation is 2. The van der Waals surface area contributed by atoms with Crippen LogP contribution in [0.25, 0.3) is 11.5 Å². The third-order valence-corrected chi connectivity index (χ3v) is 2.56. The molecule has 1 aromatic carbocycles. The molecule has 0 radical (unpaired) electrons. The second-order valence-electron chi connectivity index (χ2n) is 3.85. The molecule has 0 atom stereocenters. The summed E-state index contributed by atoms with van der Waals surface area (Å²) in [6.07, 6.45) is 0. The average Bonchev–Trinajstić information content (AvgIpc) is 2.71. The van der Waals surface area contributed by atoms with Crippen LogP contribution in [0.15, 0.2) is 22.7 Å². The van der Waals surface area contributed by atoms with Gasteiger partial charge in [-0.2, -0.15) is 4.98 Å². The predicted molar refractivity (Wildman–Crippen MR) is 62.0 cm³/mol. The Hall–Kier alpha value is -1.68. The van der Waals surface area contributed by atoms with Gasteiger partial charge in [0.05, 0.1) is 6.54 Å². The van der Waals surface area contributed by atoms with Crippen LogP contribution in [0, 0.1) is 13.8 Å². The van der Waals surface area contributed by atoms with Gasteiger partial charge in [-0.25, -0.2) is 0 Å². The summed E-state index contributed by atoms with van der Waals surface area (Å²) in [6.45, 7) is 4.78. The van der Waals surface area contributed by atoms with E-state index in [1.165, 1.54) is 11.1 Å². The number of nitrogens with one attached hydrogen (secondary N) is 1. The summed E-state index contributed by atoms with van der Waals surface area (Å²) >= 11 is 0. The highest BCUT2D eigenvalue weighted by molar-refractivity contribution is 5.55. The van der Waals surface area contributed by atoms with Crippen molar-refractivity contribution in [2.75, 3.05) is 7.05 Å². The van der Waals surface area contributed by atoms with Crippen LogP contribution in [-0.4, -0.2) is 17.2 Å². The molecule has 0 amide bonds. The molecule has 1 aromatic heterocycles. The van der Waals surface area contributed by atoms with Crippen LogP contribution in [0.4, 0.5) is 0 Å². The molecule has 4 heteroatoms. The smallest absolute Gasteiger partial charge is 0.257 e. The normalized spacial score (nSPS) is 10.7. The minimum atomic E-state index is 0.577. The SMILES string of the molecule is CNCc1noc(-c2ccc(C)c(C)c2)n1. The van der Waals surface area contributed by atoms with Gasteiger partial charge < -0.3 is 9.84 Å². The first-order valence-corrected chi connectivity index (χ1v) is 5.25. The molecule has 0 aliphatic heterocycles. The lowest BCUT2D eigenvalue weighted by Crippen LogP contribution is -2.06. The van der Waals surface area contributed by atoms with Crippen molar-refractivity contribution in [1.82, 2.24) is 15.5 Å². The lowest BCUT2D eigenvalue weighted by Gasteiger charge is -2.00. The van der Waals surface area contributed by atoms with Crippen LogP contribution in [-0.2, 0) is 6.54 Å². The quantitative estimate of drug-likeness (QED) is 0.855. The number of hydrogen-bond donors (Lipinski definition) is 1. The van der Waals surface area contributed by atoms with Crippen LogP contribution in [0.1, 0.15) is 17.0 Å². The first-order chi connectivity index (χ1) is 7.70. The van der Waals surface area contributed by atoms with Gasteiger partial charge in [-0.3, -0.25) is 0 Å². The standard InChI is InChI=1S/C12H15N3O/c1-8-4-5-10(6-9(8)2)12-14-11(7-13-3)15-16-12/h4-6,13H,7H2,1-3H3. The van der Waals surface area contributed by atoms with E-state index < -0.39 is 0 Å². The van der Waals surface area contributed by atoms with E-state index >= 15 is 0 Å². The van der Waals surface area contributed by atoms with Gasteiger partial charge in [0.1, 0.15) is 0 Å². The second kappa shape index (κ2) is 4.45. The molecule has 84 valence electrons. The van der Waals surface area contributed by atoms with Gasteiger partial charge in [-0.05, 0) is 44.2 Å². The van der Waals surface area contributed by atoms with E-state index in [9.17, 15) is 0 Å². The maximum Gasteiger partial charge on any atom is 0.257 e. The Morgan fingerprint density at radius 3 is 2.75 bits per heavy atom. The van der Waals surface area contributed by atoms with E-state index in [1.54, 1.807) is 0 Å². The molecule has 0 aliphatic carbocycles. The van der Waals surface area contributed by atoms with Gasteiger partial charge in [-0.1, -0.05) is 11.2 Å². The Morgan fingerprint density at radius 2 is 2.06 bits per heavy atom. The molecule has 0 fully saturated rings. The minimum absolute atomic E-state index is 0.577. The van der Waals surface area contributed by atoms with E-state index in [-0.39, 0.29) is 0 Å². The molecule has 0 spiro atoms. The van der Waals surface area contributed by atoms with Crippen molar-refractivity contribution in [3.05, 3.63) is 35.2 Å². The maximum absolute atomic E-state index is 5.20. The van der Waals surface area contributed by atoms with Gasteiger partial charge in [0.2, 0.25) is 0 Å². The van der Waals surface area contributed by atoms with Crippen molar-refractivity contribution in [2.24, 2.45) is 0 Å². The molecular formula is C12H15N3O. The summed E-state index contributed by atoms with van der Waals surface area (Å²) in [5.74, 6) is 1.25. The van der Waals surface area contributed by atoms with Crippen LogP contribution in [0.3, 0.4) is 0 Å². The van der Waals surface area contributed by atoms with Gasteiger partial charge >= 0.3 is 0 Å². The van der Waals surface area contributed by atoms with Crippen LogP contribution in [0.5, 0.6) is 0 Å². The Kier molecular flexibility index (Phi) is 3.01. The second-order valence-corrected chi connectivity index (χ2v) is 3.85. The van der Waals surface area contributed by atoms with Crippen molar-refractivity contribution in [3.63, 3.8) is 0 Å². The molecule has 1 N–H and O–H groups in total. The molecule has 0 saturated carbocycles.